The maximum absolute atomic E-state index is 13.4. The van der Waals surface area contributed by atoms with Gasteiger partial charge >= 0.3 is 5.97 Å². The van der Waals surface area contributed by atoms with Crippen LogP contribution in [0.5, 0.6) is 0 Å². The number of nitrogens with one attached hydrogen (secondary N) is 3. The molecule has 3 aromatic carbocycles. The van der Waals surface area contributed by atoms with Crippen LogP contribution in [-0.4, -0.2) is 37.9 Å². The van der Waals surface area contributed by atoms with E-state index in [-0.39, 0.29) is 36.3 Å². The molecule has 5 rings (SSSR count). The number of hydrogen-bond donors (Lipinski definition) is 4. The van der Waals surface area contributed by atoms with Gasteiger partial charge in [-0.2, -0.15) is 15.0 Å². The second-order valence-electron chi connectivity index (χ2n) is 9.08. The van der Waals surface area contributed by atoms with Crippen LogP contribution in [0.4, 0.5) is 22.0 Å². The van der Waals surface area contributed by atoms with Crippen molar-refractivity contribution in [3.63, 3.8) is 0 Å². The molecule has 0 aliphatic rings. The predicted octanol–water partition coefficient (Wildman–Crippen LogP) is 4.21. The van der Waals surface area contributed by atoms with Crippen LogP contribution >= 0.6 is 0 Å². The Kier molecular flexibility index (Phi) is 7.63. The maximum atomic E-state index is 13.4. The number of fused-ring (bicyclic) bond motifs is 1. The summed E-state index contributed by atoms with van der Waals surface area (Å²) in [7, 11) is 0. The number of amides is 1. The smallest absolute Gasteiger partial charge is 0.329 e. The Morgan fingerprint density at radius 3 is 2.55 bits per heavy atom. The maximum Gasteiger partial charge on any atom is 0.329 e. The molecule has 0 saturated heterocycles. The van der Waals surface area contributed by atoms with Gasteiger partial charge in [0.05, 0.1) is 0 Å². The van der Waals surface area contributed by atoms with Gasteiger partial charge in [-0.25, -0.2) is 9.18 Å². The molecule has 0 aliphatic carbocycles. The molecule has 5 aromatic rings. The summed E-state index contributed by atoms with van der Waals surface area (Å²) < 4.78 is 18.9. The van der Waals surface area contributed by atoms with Gasteiger partial charge < -0.3 is 26.1 Å². The number of nitrogens with two attached hydrogens (primary N) is 1. The number of benzene rings is 3. The third-order valence-corrected chi connectivity index (χ3v) is 6.23. The molecular formula is C29H26FN7O3. The van der Waals surface area contributed by atoms with Gasteiger partial charge in [0.1, 0.15) is 11.9 Å². The standard InChI is InChI=1S/C29H26FN7O3/c1-17-6-2-4-8-22(17)34-29-36-25(35-28(31)37-29)16-40-27(39)24(33-26(38)18-10-12-20(30)13-11-18)14-19-15-32-23-9-5-3-7-21(19)23/h2-13,15,24,32H,14,16H2,1H3,(H,33,38)(H3,31,34,35,36,37)/t24-/m1/s1. The van der Waals surface area contributed by atoms with Crippen molar-refractivity contribution >= 4 is 40.4 Å². The van der Waals surface area contributed by atoms with Crippen LogP contribution in [0.2, 0.25) is 0 Å². The molecule has 0 spiro atoms. The summed E-state index contributed by atoms with van der Waals surface area (Å²) in [5, 5.41) is 6.71. The van der Waals surface area contributed by atoms with Crippen LogP contribution in [0.3, 0.4) is 0 Å². The Bertz CT molecular complexity index is 1670. The molecule has 0 unspecified atom stereocenters. The first kappa shape index (κ1) is 26.3. The van der Waals surface area contributed by atoms with Crippen molar-refractivity contribution in [2.75, 3.05) is 11.1 Å². The monoisotopic (exact) mass is 539 g/mol. The van der Waals surface area contributed by atoms with E-state index in [2.05, 4.69) is 30.6 Å². The zero-order chi connectivity index (χ0) is 28.1. The van der Waals surface area contributed by atoms with Gasteiger partial charge in [0.15, 0.2) is 12.4 Å². The lowest BCUT2D eigenvalue weighted by Gasteiger charge is -2.18. The molecule has 0 saturated carbocycles. The number of H-pyrrole nitrogens is 1. The normalized spacial score (nSPS) is 11.7. The Morgan fingerprint density at radius 2 is 1.75 bits per heavy atom. The third-order valence-electron chi connectivity index (χ3n) is 6.23. The Balaban J connectivity index is 1.33. The molecular weight excluding hydrogens is 513 g/mol. The van der Waals surface area contributed by atoms with Gasteiger partial charge in [-0.1, -0.05) is 36.4 Å². The molecule has 10 nitrogen and oxygen atoms in total. The molecule has 40 heavy (non-hydrogen) atoms. The number of ether oxygens (including phenoxy) is 1. The number of rotatable bonds is 9. The number of nitrogen functional groups attached to an aromatic ring is 1. The highest BCUT2D eigenvalue weighted by Crippen LogP contribution is 2.21. The number of esters is 1. The lowest BCUT2D eigenvalue weighted by atomic mass is 10.0. The number of anilines is 3. The minimum atomic E-state index is -1.06. The largest absolute Gasteiger partial charge is 0.456 e. The first-order valence-corrected chi connectivity index (χ1v) is 12.5. The molecule has 0 fully saturated rings. The van der Waals surface area contributed by atoms with E-state index in [0.29, 0.717) is 0 Å². The lowest BCUT2D eigenvalue weighted by molar-refractivity contribution is -0.147. The summed E-state index contributed by atoms with van der Waals surface area (Å²) >= 11 is 0. The second kappa shape index (κ2) is 11.6. The summed E-state index contributed by atoms with van der Waals surface area (Å²) in [6.45, 7) is 1.63. The van der Waals surface area contributed by atoms with E-state index in [9.17, 15) is 14.0 Å². The van der Waals surface area contributed by atoms with E-state index in [1.165, 1.54) is 24.3 Å². The Morgan fingerprint density at radius 1 is 1.00 bits per heavy atom. The lowest BCUT2D eigenvalue weighted by Crippen LogP contribution is -2.43. The van der Waals surface area contributed by atoms with E-state index in [0.717, 1.165) is 27.7 Å². The first-order chi connectivity index (χ1) is 19.4. The highest BCUT2D eigenvalue weighted by atomic mass is 19.1. The topological polar surface area (TPSA) is 148 Å². The van der Waals surface area contributed by atoms with Gasteiger partial charge in [0.2, 0.25) is 11.9 Å². The van der Waals surface area contributed by atoms with Crippen LogP contribution in [0, 0.1) is 12.7 Å². The molecule has 1 amide bonds. The second-order valence-corrected chi connectivity index (χ2v) is 9.08. The molecule has 0 bridgehead atoms. The van der Waals surface area contributed by atoms with Crippen LogP contribution in [0.15, 0.2) is 79.0 Å². The minimum absolute atomic E-state index is 0.0444. The quantitative estimate of drug-likeness (QED) is 0.204. The SMILES string of the molecule is Cc1ccccc1Nc1nc(N)nc(COC(=O)[C@@H](Cc2c[nH]c3ccccc23)NC(=O)c2ccc(F)cc2)n1. The first-order valence-electron chi connectivity index (χ1n) is 12.5. The molecule has 2 heterocycles. The number of aromatic nitrogens is 4. The van der Waals surface area contributed by atoms with E-state index in [1.807, 2.05) is 55.5 Å². The molecule has 0 aliphatic heterocycles. The average molecular weight is 540 g/mol. The minimum Gasteiger partial charge on any atom is -0.456 e. The van der Waals surface area contributed by atoms with Crippen molar-refractivity contribution in [1.82, 2.24) is 25.3 Å². The summed E-state index contributed by atoms with van der Waals surface area (Å²) in [5.41, 5.74) is 9.55. The van der Waals surface area contributed by atoms with Crippen molar-refractivity contribution in [3.8, 4) is 0 Å². The van der Waals surface area contributed by atoms with Gasteiger partial charge in [-0.05, 0) is 54.4 Å². The fourth-order valence-corrected chi connectivity index (χ4v) is 4.18. The van der Waals surface area contributed by atoms with Gasteiger partial charge in [0, 0.05) is 34.8 Å². The summed E-state index contributed by atoms with van der Waals surface area (Å²) in [4.78, 5) is 41.9. The van der Waals surface area contributed by atoms with E-state index < -0.39 is 23.7 Å². The number of carbonyl (C=O) groups excluding carboxylic acids is 2. The number of aromatic amines is 1. The van der Waals surface area contributed by atoms with Crippen LogP contribution in [0.1, 0.15) is 27.3 Å². The molecule has 2 aromatic heterocycles. The fraction of sp³-hybridized carbons (Fsp3) is 0.138. The Labute approximate surface area is 228 Å². The fourth-order valence-electron chi connectivity index (χ4n) is 4.18. The molecule has 11 heteroatoms. The van der Waals surface area contributed by atoms with Gasteiger partial charge in [-0.3, -0.25) is 4.79 Å². The number of para-hydroxylation sites is 2. The van der Waals surface area contributed by atoms with E-state index >= 15 is 0 Å². The van der Waals surface area contributed by atoms with Crippen LogP contribution < -0.4 is 16.4 Å². The van der Waals surface area contributed by atoms with Gasteiger partial charge in [-0.15, -0.1) is 0 Å². The van der Waals surface area contributed by atoms with E-state index in [4.69, 9.17) is 10.5 Å². The van der Waals surface area contributed by atoms with E-state index in [1.54, 1.807) is 6.20 Å². The summed E-state index contributed by atoms with van der Waals surface area (Å²) in [6.07, 6.45) is 1.93. The summed E-state index contributed by atoms with van der Waals surface area (Å²) in [5.74, 6) is -1.43. The average Bonchev–Trinajstić information content (AvgIpc) is 3.35. The van der Waals surface area contributed by atoms with Crippen molar-refractivity contribution < 1.29 is 18.7 Å². The predicted molar refractivity (Wildman–Crippen MR) is 148 cm³/mol. The number of carbonyl (C=O) groups is 2. The number of nitrogens with zero attached hydrogens (tertiary/aromatic N) is 3. The number of halogens is 1. The molecule has 0 radical (unpaired) electrons. The van der Waals surface area contributed by atoms with Crippen molar-refractivity contribution in [1.29, 1.82) is 0 Å². The van der Waals surface area contributed by atoms with Gasteiger partial charge in [0.25, 0.3) is 5.91 Å². The Hall–Kier alpha value is -5.32. The van der Waals surface area contributed by atoms with Crippen LogP contribution in [-0.2, 0) is 22.6 Å². The summed E-state index contributed by atoms with van der Waals surface area (Å²) in [6, 6.07) is 19.2. The molecule has 202 valence electrons. The highest BCUT2D eigenvalue weighted by Gasteiger charge is 2.25. The highest BCUT2D eigenvalue weighted by molar-refractivity contribution is 5.97. The number of hydrogen-bond acceptors (Lipinski definition) is 8. The van der Waals surface area contributed by atoms with Crippen molar-refractivity contribution in [2.45, 2.75) is 26.0 Å². The molecule has 1 atom stereocenters. The zero-order valence-corrected chi connectivity index (χ0v) is 21.5. The van der Waals surface area contributed by atoms with Crippen molar-refractivity contribution in [2.24, 2.45) is 0 Å². The van der Waals surface area contributed by atoms with Crippen molar-refractivity contribution in [3.05, 3.63) is 107 Å². The number of aryl methyl sites for hydroxylation is 1. The third kappa shape index (κ3) is 6.21. The van der Waals surface area contributed by atoms with Crippen LogP contribution in [0.25, 0.3) is 10.9 Å². The zero-order valence-electron chi connectivity index (χ0n) is 21.5. The molecule has 5 N–H and O–H groups in total.